The topological polar surface area (TPSA) is 29.5 Å². The predicted molar refractivity (Wildman–Crippen MR) is 88.3 cm³/mol. The zero-order valence-corrected chi connectivity index (χ0v) is 18.0. The molecule has 0 aromatic rings. The van der Waals surface area contributed by atoms with Crippen LogP contribution in [0, 0.1) is 11.3 Å². The molecule has 5 heteroatoms. The Bertz CT molecular complexity index is 356. The maximum absolute atomic E-state index is 12.2. The van der Waals surface area contributed by atoms with Gasteiger partial charge in [-0.2, -0.15) is 5.75 Å². The van der Waals surface area contributed by atoms with Gasteiger partial charge in [0.2, 0.25) is 0 Å². The maximum atomic E-state index is 12.2. The first-order chi connectivity index (χ1) is 9.86. The van der Waals surface area contributed by atoms with Gasteiger partial charge in [0.05, 0.1) is 0 Å². The molecule has 1 amide bonds. The van der Waals surface area contributed by atoms with Gasteiger partial charge in [-0.15, -0.1) is 0 Å². The van der Waals surface area contributed by atoms with Crippen LogP contribution in [0.5, 0.6) is 0 Å². The molecule has 2 aliphatic rings. The molecule has 22 heavy (non-hydrogen) atoms. The second-order valence-electron chi connectivity index (χ2n) is 7.81. The number of hydrogen-bond acceptors (Lipinski definition) is 3. The molecular weight excluding hydrogens is 466 g/mol. The SMILES string of the molecule is CC(C)(C)OC(=O)N1CCC(C[S-])(C2CCCCC2)CC1.[W+2]. The van der Waals surface area contributed by atoms with Gasteiger partial charge in [-0.25, -0.2) is 4.79 Å². The number of piperidine rings is 1. The Morgan fingerprint density at radius 2 is 1.73 bits per heavy atom. The molecule has 0 radical (unpaired) electrons. The molecule has 0 bridgehead atoms. The van der Waals surface area contributed by atoms with Crippen molar-refractivity contribution in [2.24, 2.45) is 11.3 Å². The Balaban J connectivity index is 0.00000242. The van der Waals surface area contributed by atoms with E-state index in [1.165, 1.54) is 32.1 Å². The normalized spacial score (nSPS) is 22.8. The fourth-order valence-electron chi connectivity index (χ4n) is 3.85. The van der Waals surface area contributed by atoms with Crippen molar-refractivity contribution in [2.45, 2.75) is 71.3 Å². The van der Waals surface area contributed by atoms with Crippen LogP contribution in [0.15, 0.2) is 0 Å². The van der Waals surface area contributed by atoms with E-state index in [1.807, 2.05) is 25.7 Å². The number of rotatable bonds is 2. The summed E-state index contributed by atoms with van der Waals surface area (Å²) in [5.74, 6) is 1.63. The number of carbonyl (C=O) groups excluding carboxylic acids is 1. The van der Waals surface area contributed by atoms with E-state index in [0.29, 0.717) is 5.41 Å². The summed E-state index contributed by atoms with van der Waals surface area (Å²) < 4.78 is 5.49. The number of carbonyl (C=O) groups is 1. The number of ether oxygens (including phenoxy) is 1. The van der Waals surface area contributed by atoms with Crippen molar-refractivity contribution in [3.05, 3.63) is 0 Å². The van der Waals surface area contributed by atoms with E-state index in [2.05, 4.69) is 0 Å². The van der Waals surface area contributed by atoms with Crippen LogP contribution in [0.2, 0.25) is 0 Å². The molecule has 1 saturated carbocycles. The zero-order chi connectivity index (χ0) is 15.5. The molecule has 0 N–H and O–H groups in total. The molecule has 2 rings (SSSR count). The van der Waals surface area contributed by atoms with E-state index in [0.717, 1.165) is 37.6 Å². The quantitative estimate of drug-likeness (QED) is 0.539. The van der Waals surface area contributed by atoms with Crippen molar-refractivity contribution < 1.29 is 30.6 Å². The maximum Gasteiger partial charge on any atom is 2.00 e. The summed E-state index contributed by atoms with van der Waals surface area (Å²) in [6, 6.07) is 0. The van der Waals surface area contributed by atoms with Crippen LogP contribution in [0.4, 0.5) is 4.79 Å². The van der Waals surface area contributed by atoms with Crippen molar-refractivity contribution in [1.82, 2.24) is 4.90 Å². The molecule has 2 fully saturated rings. The third-order valence-corrected chi connectivity index (χ3v) is 5.74. The van der Waals surface area contributed by atoms with Gasteiger partial charge in [-0.1, -0.05) is 19.3 Å². The van der Waals surface area contributed by atoms with Gasteiger partial charge in [0.15, 0.2) is 0 Å². The summed E-state index contributed by atoms with van der Waals surface area (Å²) in [6.07, 6.45) is 8.72. The molecule has 3 nitrogen and oxygen atoms in total. The van der Waals surface area contributed by atoms with Crippen LogP contribution in [0.1, 0.15) is 65.7 Å². The van der Waals surface area contributed by atoms with Crippen molar-refractivity contribution in [1.29, 1.82) is 0 Å². The van der Waals surface area contributed by atoms with E-state index < -0.39 is 5.60 Å². The summed E-state index contributed by atoms with van der Waals surface area (Å²) in [5, 5.41) is 0. The van der Waals surface area contributed by atoms with E-state index in [9.17, 15) is 4.79 Å². The molecule has 1 heterocycles. The smallest absolute Gasteiger partial charge is 0.792 e. The van der Waals surface area contributed by atoms with Crippen LogP contribution in [0.3, 0.4) is 0 Å². The molecule has 0 aromatic carbocycles. The second kappa shape index (κ2) is 8.42. The third kappa shape index (κ3) is 5.16. The van der Waals surface area contributed by atoms with E-state index in [1.54, 1.807) is 0 Å². The van der Waals surface area contributed by atoms with Crippen LogP contribution < -0.4 is 0 Å². The number of likely N-dealkylation sites (tertiary alicyclic amines) is 1. The number of nitrogens with zero attached hydrogens (tertiary/aromatic N) is 1. The minimum absolute atomic E-state index is 0. The number of hydrogen-bond donors (Lipinski definition) is 0. The second-order valence-corrected chi connectivity index (χ2v) is 8.10. The molecule has 0 spiro atoms. The standard InChI is InChI=1S/C17H31NO2S.W/c1-16(2,3)20-15(19)18-11-9-17(13-21,10-12-18)14-7-5-4-6-8-14;/h14,21H,4-13H2,1-3H3;/q;+2/p-1. The minimum Gasteiger partial charge on any atom is -0.792 e. The summed E-state index contributed by atoms with van der Waals surface area (Å²) >= 11 is 5.52. The fraction of sp³-hybridized carbons (Fsp3) is 0.941. The fourth-order valence-corrected chi connectivity index (χ4v) is 4.37. The van der Waals surface area contributed by atoms with Crippen molar-refractivity contribution in [2.75, 3.05) is 18.8 Å². The minimum atomic E-state index is -0.410. The molecule has 0 aromatic heterocycles. The Kier molecular flexibility index (Phi) is 7.79. The van der Waals surface area contributed by atoms with Gasteiger partial charge in [0, 0.05) is 13.1 Å². The molecule has 1 aliphatic carbocycles. The van der Waals surface area contributed by atoms with Gasteiger partial charge in [0.1, 0.15) is 5.60 Å². The van der Waals surface area contributed by atoms with Gasteiger partial charge in [-0.3, -0.25) is 0 Å². The van der Waals surface area contributed by atoms with E-state index >= 15 is 0 Å². The van der Waals surface area contributed by atoms with Crippen molar-refractivity contribution in [3.63, 3.8) is 0 Å². The monoisotopic (exact) mass is 496 g/mol. The Morgan fingerprint density at radius 1 is 1.18 bits per heavy atom. The van der Waals surface area contributed by atoms with Crippen LogP contribution >= 0.6 is 0 Å². The molecule has 0 atom stereocenters. The third-order valence-electron chi connectivity index (χ3n) is 5.17. The molecule has 1 saturated heterocycles. The molecule has 1 aliphatic heterocycles. The van der Waals surface area contributed by atoms with Crippen LogP contribution in [-0.2, 0) is 38.4 Å². The van der Waals surface area contributed by atoms with Crippen LogP contribution in [-0.4, -0.2) is 35.4 Å². The Labute approximate surface area is 155 Å². The van der Waals surface area contributed by atoms with Gasteiger partial charge >= 0.3 is 27.2 Å². The van der Waals surface area contributed by atoms with Gasteiger partial charge < -0.3 is 22.3 Å². The van der Waals surface area contributed by atoms with Gasteiger partial charge in [0.25, 0.3) is 0 Å². The molecule has 126 valence electrons. The first-order valence-electron chi connectivity index (χ1n) is 8.42. The zero-order valence-electron chi connectivity index (χ0n) is 14.2. The number of amides is 1. The molecule has 0 unspecified atom stereocenters. The van der Waals surface area contributed by atoms with E-state index in [-0.39, 0.29) is 27.2 Å². The van der Waals surface area contributed by atoms with E-state index in [4.69, 9.17) is 17.4 Å². The van der Waals surface area contributed by atoms with Crippen molar-refractivity contribution >= 4 is 18.7 Å². The first kappa shape index (κ1) is 20.4. The van der Waals surface area contributed by atoms with Crippen LogP contribution in [0.25, 0.3) is 0 Å². The predicted octanol–water partition coefficient (Wildman–Crippen LogP) is 4.13. The molecular formula is C17H30NO2SW+. The summed E-state index contributed by atoms with van der Waals surface area (Å²) in [4.78, 5) is 14.0. The summed E-state index contributed by atoms with van der Waals surface area (Å²) in [6.45, 7) is 7.38. The Morgan fingerprint density at radius 3 is 2.18 bits per heavy atom. The first-order valence-corrected chi connectivity index (χ1v) is 9.00. The average Bonchev–Trinajstić information content (AvgIpc) is 2.46. The largest absolute Gasteiger partial charge is 2.00 e. The van der Waals surface area contributed by atoms with Crippen molar-refractivity contribution in [3.8, 4) is 0 Å². The van der Waals surface area contributed by atoms with Gasteiger partial charge in [-0.05, 0) is 57.8 Å². The summed E-state index contributed by atoms with van der Waals surface area (Å²) in [5.41, 5.74) is -0.110. The Hall–Kier alpha value is 0.308. The summed E-state index contributed by atoms with van der Waals surface area (Å²) in [7, 11) is 0. The average molecular weight is 496 g/mol.